The summed E-state index contributed by atoms with van der Waals surface area (Å²) in [6.45, 7) is 6.20. The zero-order chi connectivity index (χ0) is 11.2. The van der Waals surface area contributed by atoms with E-state index in [0.717, 1.165) is 16.9 Å². The average Bonchev–Trinajstić information content (AvgIpc) is 2.47. The van der Waals surface area contributed by atoms with Gasteiger partial charge in [0.05, 0.1) is 15.5 Å². The van der Waals surface area contributed by atoms with Crippen molar-refractivity contribution in [2.45, 2.75) is 26.2 Å². The molecular formula is C11H12BrFN2. The van der Waals surface area contributed by atoms with Crippen LogP contribution in [0.15, 0.2) is 16.6 Å². The molecule has 0 saturated heterocycles. The first-order valence-electron chi connectivity index (χ1n) is 4.73. The van der Waals surface area contributed by atoms with E-state index in [-0.39, 0.29) is 11.2 Å². The normalized spacial score (nSPS) is 12.3. The van der Waals surface area contributed by atoms with Gasteiger partial charge in [-0.15, -0.1) is 0 Å². The van der Waals surface area contributed by atoms with Crippen LogP contribution in [0.1, 0.15) is 26.6 Å². The lowest BCUT2D eigenvalue weighted by Crippen LogP contribution is -2.12. The number of fused-ring (bicyclic) bond motifs is 1. The highest BCUT2D eigenvalue weighted by Gasteiger charge is 2.18. The van der Waals surface area contributed by atoms with Gasteiger partial charge >= 0.3 is 0 Å². The third kappa shape index (κ3) is 1.91. The van der Waals surface area contributed by atoms with Gasteiger partial charge in [-0.1, -0.05) is 20.8 Å². The van der Waals surface area contributed by atoms with Crippen molar-refractivity contribution in [2.75, 3.05) is 0 Å². The van der Waals surface area contributed by atoms with Crippen LogP contribution in [0.3, 0.4) is 0 Å². The van der Waals surface area contributed by atoms with Gasteiger partial charge in [-0.2, -0.15) is 0 Å². The lowest BCUT2D eigenvalue weighted by atomic mass is 9.96. The molecule has 1 aromatic heterocycles. The highest BCUT2D eigenvalue weighted by molar-refractivity contribution is 9.10. The summed E-state index contributed by atoms with van der Waals surface area (Å²) < 4.78 is 13.7. The van der Waals surface area contributed by atoms with Crippen molar-refractivity contribution in [2.24, 2.45) is 0 Å². The molecule has 0 aliphatic carbocycles. The van der Waals surface area contributed by atoms with E-state index in [1.807, 2.05) is 0 Å². The van der Waals surface area contributed by atoms with E-state index in [2.05, 4.69) is 46.7 Å². The monoisotopic (exact) mass is 270 g/mol. The number of aromatic nitrogens is 2. The summed E-state index contributed by atoms with van der Waals surface area (Å²) in [7, 11) is 0. The standard InChI is InChI=1S/C11H12BrFN2/c1-11(2,3)10-14-8-4-6(12)7(13)5-9(8)15-10/h4-5H,1-3H3,(H,14,15). The van der Waals surface area contributed by atoms with Crippen LogP contribution in [0.2, 0.25) is 0 Å². The number of nitrogens with one attached hydrogen (secondary N) is 1. The van der Waals surface area contributed by atoms with E-state index in [4.69, 9.17) is 0 Å². The van der Waals surface area contributed by atoms with Crippen LogP contribution >= 0.6 is 15.9 Å². The van der Waals surface area contributed by atoms with Crippen LogP contribution < -0.4 is 0 Å². The Morgan fingerprint density at radius 2 is 2.00 bits per heavy atom. The van der Waals surface area contributed by atoms with E-state index in [9.17, 15) is 4.39 Å². The van der Waals surface area contributed by atoms with Gasteiger partial charge in [-0.3, -0.25) is 0 Å². The Bertz CT molecular complexity index is 472. The van der Waals surface area contributed by atoms with Crippen LogP contribution in [0, 0.1) is 5.82 Å². The predicted molar refractivity (Wildman–Crippen MR) is 62.5 cm³/mol. The SMILES string of the molecule is CC(C)(C)c1nc2cc(Br)c(F)cc2[nH]1. The van der Waals surface area contributed by atoms with Crippen LogP contribution in [-0.4, -0.2) is 9.97 Å². The quantitative estimate of drug-likeness (QED) is 0.776. The summed E-state index contributed by atoms with van der Waals surface area (Å²) in [5.74, 6) is 0.599. The molecule has 1 aromatic carbocycles. The van der Waals surface area contributed by atoms with Gasteiger partial charge in [-0.05, 0) is 22.0 Å². The second-order valence-electron chi connectivity index (χ2n) is 4.62. The highest BCUT2D eigenvalue weighted by atomic mass is 79.9. The van der Waals surface area contributed by atoms with Crippen LogP contribution in [0.25, 0.3) is 11.0 Å². The Balaban J connectivity index is 2.66. The second kappa shape index (κ2) is 3.30. The fourth-order valence-corrected chi connectivity index (χ4v) is 1.69. The number of benzene rings is 1. The smallest absolute Gasteiger partial charge is 0.139 e. The molecule has 15 heavy (non-hydrogen) atoms. The molecule has 0 saturated carbocycles. The molecule has 2 rings (SSSR count). The number of H-pyrrole nitrogens is 1. The van der Waals surface area contributed by atoms with Gasteiger partial charge in [0.15, 0.2) is 0 Å². The average molecular weight is 271 g/mol. The molecule has 80 valence electrons. The Labute approximate surface area is 96.0 Å². The Hall–Kier alpha value is -0.900. The molecule has 0 bridgehead atoms. The van der Waals surface area contributed by atoms with Crippen molar-refractivity contribution in [1.82, 2.24) is 9.97 Å². The van der Waals surface area contributed by atoms with Crippen molar-refractivity contribution in [3.63, 3.8) is 0 Å². The largest absolute Gasteiger partial charge is 0.341 e. The van der Waals surface area contributed by atoms with Gasteiger partial charge < -0.3 is 4.98 Å². The fourth-order valence-electron chi connectivity index (χ4n) is 1.36. The van der Waals surface area contributed by atoms with Gasteiger partial charge in [-0.25, -0.2) is 9.37 Å². The summed E-state index contributed by atoms with van der Waals surface area (Å²) in [6.07, 6.45) is 0. The minimum atomic E-state index is -0.272. The highest BCUT2D eigenvalue weighted by Crippen LogP contribution is 2.26. The minimum Gasteiger partial charge on any atom is -0.341 e. The summed E-state index contributed by atoms with van der Waals surface area (Å²) in [6, 6.07) is 3.15. The molecule has 1 heterocycles. The zero-order valence-electron chi connectivity index (χ0n) is 8.86. The first-order valence-corrected chi connectivity index (χ1v) is 5.52. The van der Waals surface area contributed by atoms with Crippen LogP contribution in [-0.2, 0) is 5.41 Å². The maximum atomic E-state index is 13.3. The Kier molecular flexibility index (Phi) is 2.34. The number of hydrogen-bond donors (Lipinski definition) is 1. The topological polar surface area (TPSA) is 28.7 Å². The van der Waals surface area contributed by atoms with Gasteiger partial charge in [0.1, 0.15) is 11.6 Å². The molecule has 0 aliphatic heterocycles. The van der Waals surface area contributed by atoms with Crippen molar-refractivity contribution in [3.05, 3.63) is 28.2 Å². The molecule has 2 nitrogen and oxygen atoms in total. The van der Waals surface area contributed by atoms with Crippen LogP contribution in [0.5, 0.6) is 0 Å². The number of hydrogen-bond acceptors (Lipinski definition) is 1. The van der Waals surface area contributed by atoms with E-state index >= 15 is 0 Å². The van der Waals surface area contributed by atoms with E-state index in [1.165, 1.54) is 6.07 Å². The molecule has 0 unspecified atom stereocenters. The van der Waals surface area contributed by atoms with Crippen molar-refractivity contribution in [1.29, 1.82) is 0 Å². The first kappa shape index (κ1) is 10.6. The molecule has 0 radical (unpaired) electrons. The number of nitrogens with zero attached hydrogens (tertiary/aromatic N) is 1. The summed E-state index contributed by atoms with van der Waals surface area (Å²) in [4.78, 5) is 7.57. The molecule has 0 fully saturated rings. The van der Waals surface area contributed by atoms with Gasteiger partial charge in [0, 0.05) is 11.5 Å². The molecule has 0 amide bonds. The fraction of sp³-hybridized carbons (Fsp3) is 0.364. The lowest BCUT2D eigenvalue weighted by molar-refractivity contribution is 0.554. The number of rotatable bonds is 0. The van der Waals surface area contributed by atoms with Crippen molar-refractivity contribution < 1.29 is 4.39 Å². The zero-order valence-corrected chi connectivity index (χ0v) is 10.4. The van der Waals surface area contributed by atoms with Crippen LogP contribution in [0.4, 0.5) is 4.39 Å². The third-order valence-corrected chi connectivity index (χ3v) is 2.84. The maximum absolute atomic E-state index is 13.3. The third-order valence-electron chi connectivity index (χ3n) is 2.23. The van der Waals surface area contributed by atoms with Gasteiger partial charge in [0.2, 0.25) is 0 Å². The molecule has 1 N–H and O–H groups in total. The summed E-state index contributed by atoms with van der Waals surface area (Å²) in [5.41, 5.74) is 1.47. The first-order chi connectivity index (χ1) is 6.88. The number of imidazole rings is 1. The summed E-state index contributed by atoms with van der Waals surface area (Å²) in [5, 5.41) is 0. The van der Waals surface area contributed by atoms with E-state index < -0.39 is 0 Å². The number of halogens is 2. The number of aromatic amines is 1. The van der Waals surface area contributed by atoms with E-state index in [0.29, 0.717) is 4.47 Å². The molecule has 0 aliphatic rings. The molecule has 0 spiro atoms. The molecule has 2 aromatic rings. The minimum absolute atomic E-state index is 0.0536. The molecule has 0 atom stereocenters. The van der Waals surface area contributed by atoms with E-state index in [1.54, 1.807) is 6.07 Å². The van der Waals surface area contributed by atoms with Crippen molar-refractivity contribution in [3.8, 4) is 0 Å². The Morgan fingerprint density at radius 3 is 2.60 bits per heavy atom. The second-order valence-corrected chi connectivity index (χ2v) is 5.47. The Morgan fingerprint density at radius 1 is 1.33 bits per heavy atom. The molecule has 4 heteroatoms. The molecular weight excluding hydrogens is 259 g/mol. The predicted octanol–water partition coefficient (Wildman–Crippen LogP) is 3.76. The maximum Gasteiger partial charge on any atom is 0.139 e. The lowest BCUT2D eigenvalue weighted by Gasteiger charge is -2.13. The summed E-state index contributed by atoms with van der Waals surface area (Å²) >= 11 is 3.15. The van der Waals surface area contributed by atoms with Gasteiger partial charge in [0.25, 0.3) is 0 Å². The van der Waals surface area contributed by atoms with Crippen molar-refractivity contribution >= 4 is 27.0 Å².